The van der Waals surface area contributed by atoms with E-state index in [0.29, 0.717) is 5.56 Å². The summed E-state index contributed by atoms with van der Waals surface area (Å²) in [5.74, 6) is -0.334. The van der Waals surface area contributed by atoms with Gasteiger partial charge in [0.15, 0.2) is 0 Å². The molecule has 0 aliphatic carbocycles. The number of methoxy groups -OCH3 is 1. The smallest absolute Gasteiger partial charge is 0.465 e. The van der Waals surface area contributed by atoms with E-state index in [1.807, 2.05) is 46.1 Å². The molecule has 21 heavy (non-hydrogen) atoms. The van der Waals surface area contributed by atoms with Gasteiger partial charge in [-0.25, -0.2) is 4.79 Å². The van der Waals surface area contributed by atoms with E-state index in [9.17, 15) is 4.79 Å². The maximum atomic E-state index is 11.7. The molecule has 1 aliphatic rings. The molecule has 1 aromatic carbocycles. The second-order valence-electron chi connectivity index (χ2n) is 6.04. The topological polar surface area (TPSA) is 44.8 Å². The van der Waals surface area contributed by atoms with Crippen LogP contribution < -0.4 is 5.46 Å². The van der Waals surface area contributed by atoms with Gasteiger partial charge < -0.3 is 14.0 Å². The minimum Gasteiger partial charge on any atom is -0.465 e. The molecule has 1 aliphatic heterocycles. The molecule has 0 bridgehead atoms. The molecule has 1 heterocycles. The molecule has 0 atom stereocenters. The maximum Gasteiger partial charge on any atom is 0.494 e. The lowest BCUT2D eigenvalue weighted by molar-refractivity contribution is 0.00578. The van der Waals surface area contributed by atoms with Crippen molar-refractivity contribution < 1.29 is 18.8 Å². The zero-order chi connectivity index (χ0) is 15.8. The highest BCUT2D eigenvalue weighted by atomic mass is 32.2. The van der Waals surface area contributed by atoms with Gasteiger partial charge in [-0.15, -0.1) is 11.8 Å². The summed E-state index contributed by atoms with van der Waals surface area (Å²) in [5, 5.41) is 0. The molecule has 6 heteroatoms. The van der Waals surface area contributed by atoms with Gasteiger partial charge in [-0.3, -0.25) is 0 Å². The molecule has 1 saturated heterocycles. The average Bonchev–Trinajstić information content (AvgIpc) is 2.66. The zero-order valence-electron chi connectivity index (χ0n) is 13.4. The Kier molecular flexibility index (Phi) is 4.43. The van der Waals surface area contributed by atoms with E-state index in [1.165, 1.54) is 18.9 Å². The largest absolute Gasteiger partial charge is 0.494 e. The van der Waals surface area contributed by atoms with Crippen LogP contribution in [0.5, 0.6) is 0 Å². The predicted octanol–water partition coefficient (Wildman–Crippen LogP) is 2.49. The molecular formula is C15H21BO4S. The summed E-state index contributed by atoms with van der Waals surface area (Å²) < 4.78 is 16.9. The van der Waals surface area contributed by atoms with Gasteiger partial charge in [0.2, 0.25) is 0 Å². The number of esters is 1. The van der Waals surface area contributed by atoms with Crippen LogP contribution in [0.3, 0.4) is 0 Å². The SMILES string of the molecule is COC(=O)c1ccc(B2OC(C)(C)C(C)(C)O2)cc1SC. The quantitative estimate of drug-likeness (QED) is 0.488. The summed E-state index contributed by atoms with van der Waals surface area (Å²) in [6.45, 7) is 8.08. The van der Waals surface area contributed by atoms with Crippen LogP contribution in [-0.4, -0.2) is 37.7 Å². The second-order valence-corrected chi connectivity index (χ2v) is 6.89. The van der Waals surface area contributed by atoms with Gasteiger partial charge in [0.25, 0.3) is 0 Å². The highest BCUT2D eigenvalue weighted by Crippen LogP contribution is 2.36. The Bertz CT molecular complexity index is 541. The summed E-state index contributed by atoms with van der Waals surface area (Å²) in [7, 11) is 0.960. The van der Waals surface area contributed by atoms with Crippen LogP contribution >= 0.6 is 11.8 Å². The third-order valence-corrected chi connectivity index (χ3v) is 4.93. The molecule has 1 aromatic rings. The van der Waals surface area contributed by atoms with Crippen molar-refractivity contribution in [3.8, 4) is 0 Å². The van der Waals surface area contributed by atoms with Gasteiger partial charge in [-0.05, 0) is 51.5 Å². The van der Waals surface area contributed by atoms with Crippen LogP contribution in [0, 0.1) is 0 Å². The fraction of sp³-hybridized carbons (Fsp3) is 0.533. The van der Waals surface area contributed by atoms with Crippen molar-refractivity contribution in [2.24, 2.45) is 0 Å². The standard InChI is InChI=1S/C15H21BO4S/c1-14(2)15(3,4)20-16(19-14)10-7-8-11(13(17)18-5)12(9-10)21-6/h7-9H,1-6H3. The van der Waals surface area contributed by atoms with Crippen molar-refractivity contribution in [1.29, 1.82) is 0 Å². The summed E-state index contributed by atoms with van der Waals surface area (Å²) in [5.41, 5.74) is 0.715. The van der Waals surface area contributed by atoms with E-state index < -0.39 is 7.12 Å². The summed E-state index contributed by atoms with van der Waals surface area (Å²) >= 11 is 1.50. The minimum absolute atomic E-state index is 0.334. The van der Waals surface area contributed by atoms with Crippen LogP contribution in [0.1, 0.15) is 38.1 Å². The zero-order valence-corrected chi connectivity index (χ0v) is 14.2. The van der Waals surface area contributed by atoms with E-state index in [4.69, 9.17) is 14.0 Å². The number of hydrogen-bond acceptors (Lipinski definition) is 5. The molecule has 0 N–H and O–H groups in total. The van der Waals surface area contributed by atoms with Gasteiger partial charge >= 0.3 is 13.1 Å². The number of ether oxygens (including phenoxy) is 1. The first kappa shape index (κ1) is 16.4. The van der Waals surface area contributed by atoms with E-state index in [1.54, 1.807) is 6.07 Å². The summed E-state index contributed by atoms with van der Waals surface area (Å²) in [4.78, 5) is 12.6. The molecule has 0 amide bonds. The van der Waals surface area contributed by atoms with Crippen molar-refractivity contribution in [2.75, 3.05) is 13.4 Å². The lowest BCUT2D eigenvalue weighted by atomic mass is 9.79. The number of carbonyl (C=O) groups excluding carboxylic acids is 1. The van der Waals surface area contributed by atoms with Crippen LogP contribution in [0.4, 0.5) is 0 Å². The predicted molar refractivity (Wildman–Crippen MR) is 85.3 cm³/mol. The Balaban J connectivity index is 2.33. The molecule has 0 unspecified atom stereocenters. The Morgan fingerprint density at radius 1 is 1.19 bits per heavy atom. The van der Waals surface area contributed by atoms with Crippen LogP contribution in [0.2, 0.25) is 0 Å². The number of hydrogen-bond donors (Lipinski definition) is 0. The summed E-state index contributed by atoms with van der Waals surface area (Å²) in [6.07, 6.45) is 1.93. The van der Waals surface area contributed by atoms with Crippen LogP contribution in [0.15, 0.2) is 23.1 Å². The molecule has 0 spiro atoms. The third-order valence-electron chi connectivity index (χ3n) is 4.16. The van der Waals surface area contributed by atoms with Crippen molar-refractivity contribution in [2.45, 2.75) is 43.8 Å². The first-order valence-electron chi connectivity index (χ1n) is 6.84. The third kappa shape index (κ3) is 2.98. The van der Waals surface area contributed by atoms with Crippen LogP contribution in [-0.2, 0) is 14.0 Å². The molecule has 2 rings (SSSR count). The molecule has 114 valence electrons. The van der Waals surface area contributed by atoms with Crippen molar-refractivity contribution in [3.63, 3.8) is 0 Å². The van der Waals surface area contributed by atoms with E-state index in [-0.39, 0.29) is 17.2 Å². The molecule has 0 aromatic heterocycles. The molecule has 4 nitrogen and oxygen atoms in total. The highest BCUT2D eigenvalue weighted by Gasteiger charge is 2.51. The lowest BCUT2D eigenvalue weighted by Crippen LogP contribution is -2.41. The fourth-order valence-electron chi connectivity index (χ4n) is 2.11. The highest BCUT2D eigenvalue weighted by molar-refractivity contribution is 7.98. The second kappa shape index (κ2) is 5.67. The molecular weight excluding hydrogens is 287 g/mol. The normalized spacial score (nSPS) is 19.6. The first-order valence-corrected chi connectivity index (χ1v) is 8.06. The van der Waals surface area contributed by atoms with Crippen molar-refractivity contribution in [3.05, 3.63) is 23.8 Å². The molecule has 0 radical (unpaired) electrons. The van der Waals surface area contributed by atoms with Crippen molar-refractivity contribution >= 4 is 30.3 Å². The Hall–Kier alpha value is -0.975. The number of carbonyl (C=O) groups is 1. The van der Waals surface area contributed by atoms with Crippen LogP contribution in [0.25, 0.3) is 0 Å². The van der Waals surface area contributed by atoms with Crippen molar-refractivity contribution in [1.82, 2.24) is 0 Å². The summed E-state index contributed by atoms with van der Waals surface area (Å²) in [6, 6.07) is 5.55. The number of thioether (sulfide) groups is 1. The lowest BCUT2D eigenvalue weighted by Gasteiger charge is -2.32. The maximum absolute atomic E-state index is 11.7. The first-order chi connectivity index (χ1) is 9.71. The number of benzene rings is 1. The van der Waals surface area contributed by atoms with E-state index >= 15 is 0 Å². The Labute approximate surface area is 130 Å². The van der Waals surface area contributed by atoms with E-state index in [0.717, 1.165) is 10.4 Å². The van der Waals surface area contributed by atoms with Gasteiger partial charge in [-0.2, -0.15) is 0 Å². The molecule has 0 saturated carbocycles. The van der Waals surface area contributed by atoms with E-state index in [2.05, 4.69) is 0 Å². The monoisotopic (exact) mass is 308 g/mol. The fourth-order valence-corrected chi connectivity index (χ4v) is 2.74. The minimum atomic E-state index is -0.424. The van der Waals surface area contributed by atoms with Gasteiger partial charge in [0.1, 0.15) is 0 Å². The average molecular weight is 308 g/mol. The van der Waals surface area contributed by atoms with Gasteiger partial charge in [-0.1, -0.05) is 6.07 Å². The Morgan fingerprint density at radius 2 is 1.76 bits per heavy atom. The van der Waals surface area contributed by atoms with Gasteiger partial charge in [0, 0.05) is 4.90 Å². The van der Waals surface area contributed by atoms with Gasteiger partial charge in [0.05, 0.1) is 23.9 Å². The molecule has 1 fully saturated rings. The number of rotatable bonds is 3. The Morgan fingerprint density at radius 3 is 2.24 bits per heavy atom.